The molecule has 0 aliphatic carbocycles. The van der Waals surface area contributed by atoms with Gasteiger partial charge in [0, 0.05) is 30.4 Å². The summed E-state index contributed by atoms with van der Waals surface area (Å²) in [6.07, 6.45) is 4.22. The minimum atomic E-state index is 0.000509. The number of thiophene rings is 1. The quantitative estimate of drug-likeness (QED) is 0.755. The SMILES string of the molecule is Cc1ccccc1CNC(=O)c1cc2cn(C(C)C)cc2s1. The average molecular weight is 312 g/mol. The summed E-state index contributed by atoms with van der Waals surface area (Å²) in [5, 5.41) is 4.15. The topological polar surface area (TPSA) is 34.0 Å². The number of hydrogen-bond acceptors (Lipinski definition) is 2. The summed E-state index contributed by atoms with van der Waals surface area (Å²) in [6.45, 7) is 6.93. The highest BCUT2D eigenvalue weighted by molar-refractivity contribution is 7.20. The Kier molecular flexibility index (Phi) is 4.03. The largest absolute Gasteiger partial charge is 0.350 e. The van der Waals surface area contributed by atoms with Crippen molar-refractivity contribution in [3.05, 3.63) is 58.7 Å². The van der Waals surface area contributed by atoms with E-state index in [2.05, 4.69) is 49.1 Å². The fraction of sp³-hybridized carbons (Fsp3) is 0.278. The first kappa shape index (κ1) is 14.9. The van der Waals surface area contributed by atoms with E-state index in [0.717, 1.165) is 20.5 Å². The maximum atomic E-state index is 12.3. The van der Waals surface area contributed by atoms with E-state index in [1.165, 1.54) is 5.56 Å². The third kappa shape index (κ3) is 2.92. The molecular formula is C18H20N2OS. The highest BCUT2D eigenvalue weighted by Gasteiger charge is 2.12. The number of carbonyl (C=O) groups excluding carboxylic acids is 1. The molecule has 0 spiro atoms. The molecule has 0 unspecified atom stereocenters. The summed E-state index contributed by atoms with van der Waals surface area (Å²) >= 11 is 1.55. The van der Waals surface area contributed by atoms with Crippen molar-refractivity contribution in [3.8, 4) is 0 Å². The van der Waals surface area contributed by atoms with Crippen LogP contribution in [0.1, 0.15) is 40.7 Å². The summed E-state index contributed by atoms with van der Waals surface area (Å²) in [5.74, 6) is 0.000509. The smallest absolute Gasteiger partial charge is 0.261 e. The first-order valence-electron chi connectivity index (χ1n) is 7.48. The van der Waals surface area contributed by atoms with Gasteiger partial charge in [0.25, 0.3) is 5.91 Å². The van der Waals surface area contributed by atoms with Crippen LogP contribution in [0.5, 0.6) is 0 Å². The van der Waals surface area contributed by atoms with Gasteiger partial charge in [-0.3, -0.25) is 4.79 Å². The lowest BCUT2D eigenvalue weighted by Gasteiger charge is -2.07. The van der Waals surface area contributed by atoms with Crippen LogP contribution in [0.4, 0.5) is 0 Å². The second kappa shape index (κ2) is 5.97. The van der Waals surface area contributed by atoms with E-state index in [1.807, 2.05) is 24.3 Å². The number of benzene rings is 1. The van der Waals surface area contributed by atoms with Crippen LogP contribution in [-0.4, -0.2) is 10.5 Å². The molecule has 114 valence electrons. The van der Waals surface area contributed by atoms with Crippen molar-refractivity contribution >= 4 is 27.3 Å². The van der Waals surface area contributed by atoms with Crippen LogP contribution in [0.2, 0.25) is 0 Å². The summed E-state index contributed by atoms with van der Waals surface area (Å²) in [5.41, 5.74) is 2.36. The van der Waals surface area contributed by atoms with Crippen molar-refractivity contribution in [2.45, 2.75) is 33.4 Å². The zero-order chi connectivity index (χ0) is 15.7. The molecule has 0 saturated heterocycles. The normalized spacial score (nSPS) is 11.3. The number of nitrogens with one attached hydrogen (secondary N) is 1. The number of aryl methyl sites for hydroxylation is 1. The summed E-state index contributed by atoms with van der Waals surface area (Å²) in [4.78, 5) is 13.1. The molecular weight excluding hydrogens is 292 g/mol. The molecule has 3 rings (SSSR count). The van der Waals surface area contributed by atoms with Crippen LogP contribution in [-0.2, 0) is 6.54 Å². The standard InChI is InChI=1S/C18H20N2OS/c1-12(2)20-10-15-8-16(22-17(15)11-20)18(21)19-9-14-7-5-4-6-13(14)3/h4-8,10-12H,9H2,1-3H3,(H,19,21). The van der Waals surface area contributed by atoms with E-state index < -0.39 is 0 Å². The minimum absolute atomic E-state index is 0.000509. The van der Waals surface area contributed by atoms with Crippen molar-refractivity contribution in [1.29, 1.82) is 0 Å². The Morgan fingerprint density at radius 2 is 2.05 bits per heavy atom. The van der Waals surface area contributed by atoms with E-state index in [-0.39, 0.29) is 5.91 Å². The molecule has 1 N–H and O–H groups in total. The van der Waals surface area contributed by atoms with Crippen LogP contribution in [0.25, 0.3) is 10.1 Å². The average Bonchev–Trinajstić information content (AvgIpc) is 3.04. The molecule has 1 aromatic carbocycles. The fourth-order valence-corrected chi connectivity index (χ4v) is 3.43. The maximum Gasteiger partial charge on any atom is 0.261 e. The van der Waals surface area contributed by atoms with Gasteiger partial charge < -0.3 is 9.88 Å². The first-order chi connectivity index (χ1) is 10.5. The predicted molar refractivity (Wildman–Crippen MR) is 92.5 cm³/mol. The molecule has 0 atom stereocenters. The third-order valence-corrected chi connectivity index (χ3v) is 4.95. The molecule has 1 amide bonds. The molecule has 3 aromatic rings. The summed E-state index contributed by atoms with van der Waals surface area (Å²) in [7, 11) is 0. The zero-order valence-electron chi connectivity index (χ0n) is 13.1. The predicted octanol–water partition coefficient (Wildman–Crippen LogP) is 4.52. The molecule has 0 aliphatic heterocycles. The molecule has 4 heteroatoms. The molecule has 0 saturated carbocycles. The highest BCUT2D eigenvalue weighted by atomic mass is 32.1. The van der Waals surface area contributed by atoms with Gasteiger partial charge >= 0.3 is 0 Å². The molecule has 0 bridgehead atoms. The molecule has 0 radical (unpaired) electrons. The van der Waals surface area contributed by atoms with Gasteiger partial charge in [-0.15, -0.1) is 11.3 Å². The Labute approximate surface area is 134 Å². The number of amides is 1. The number of nitrogens with zero attached hydrogens (tertiary/aromatic N) is 1. The van der Waals surface area contributed by atoms with Gasteiger partial charge in [0.2, 0.25) is 0 Å². The van der Waals surface area contributed by atoms with Gasteiger partial charge in [-0.1, -0.05) is 24.3 Å². The van der Waals surface area contributed by atoms with Crippen molar-refractivity contribution in [3.63, 3.8) is 0 Å². The van der Waals surface area contributed by atoms with Crippen LogP contribution < -0.4 is 5.32 Å². The van der Waals surface area contributed by atoms with E-state index in [4.69, 9.17) is 0 Å². The van der Waals surface area contributed by atoms with E-state index in [1.54, 1.807) is 11.3 Å². The van der Waals surface area contributed by atoms with Crippen molar-refractivity contribution < 1.29 is 4.79 Å². The van der Waals surface area contributed by atoms with Gasteiger partial charge in [-0.25, -0.2) is 0 Å². The van der Waals surface area contributed by atoms with Gasteiger partial charge in [0.1, 0.15) is 0 Å². The maximum absolute atomic E-state index is 12.3. The number of aromatic nitrogens is 1. The van der Waals surface area contributed by atoms with Crippen LogP contribution in [0, 0.1) is 6.92 Å². The number of hydrogen-bond donors (Lipinski definition) is 1. The van der Waals surface area contributed by atoms with Crippen LogP contribution in [0.15, 0.2) is 42.7 Å². The van der Waals surface area contributed by atoms with Crippen molar-refractivity contribution in [2.24, 2.45) is 0 Å². The lowest BCUT2D eigenvalue weighted by molar-refractivity contribution is 0.0955. The van der Waals surface area contributed by atoms with Gasteiger partial charge in [0.05, 0.1) is 9.58 Å². The Morgan fingerprint density at radius 1 is 1.27 bits per heavy atom. The summed E-state index contributed by atoms with van der Waals surface area (Å²) < 4.78 is 3.34. The lowest BCUT2D eigenvalue weighted by atomic mass is 10.1. The zero-order valence-corrected chi connectivity index (χ0v) is 13.9. The molecule has 3 nitrogen and oxygen atoms in total. The van der Waals surface area contributed by atoms with Gasteiger partial charge in [-0.05, 0) is 38.0 Å². The molecule has 0 fully saturated rings. The van der Waals surface area contributed by atoms with E-state index >= 15 is 0 Å². The van der Waals surface area contributed by atoms with Gasteiger partial charge in [-0.2, -0.15) is 0 Å². The first-order valence-corrected chi connectivity index (χ1v) is 8.30. The van der Waals surface area contributed by atoms with E-state index in [9.17, 15) is 4.79 Å². The lowest BCUT2D eigenvalue weighted by Crippen LogP contribution is -2.22. The van der Waals surface area contributed by atoms with Crippen LogP contribution in [0.3, 0.4) is 0 Å². The van der Waals surface area contributed by atoms with E-state index in [0.29, 0.717) is 12.6 Å². The second-order valence-corrected chi connectivity index (χ2v) is 6.92. The number of carbonyl (C=O) groups is 1. The van der Waals surface area contributed by atoms with Crippen LogP contribution >= 0.6 is 11.3 Å². The molecule has 2 heterocycles. The highest BCUT2D eigenvalue weighted by Crippen LogP contribution is 2.28. The minimum Gasteiger partial charge on any atom is -0.350 e. The van der Waals surface area contributed by atoms with Crippen molar-refractivity contribution in [1.82, 2.24) is 9.88 Å². The third-order valence-electron chi connectivity index (χ3n) is 3.87. The van der Waals surface area contributed by atoms with Gasteiger partial charge in [0.15, 0.2) is 0 Å². The summed E-state index contributed by atoms with van der Waals surface area (Å²) in [6, 6.07) is 10.5. The molecule has 22 heavy (non-hydrogen) atoms. The monoisotopic (exact) mass is 312 g/mol. The van der Waals surface area contributed by atoms with Crippen molar-refractivity contribution in [2.75, 3.05) is 0 Å². The number of fused-ring (bicyclic) bond motifs is 1. The Balaban J connectivity index is 1.72. The fourth-order valence-electron chi connectivity index (χ4n) is 2.44. The molecule has 0 aliphatic rings. The second-order valence-electron chi connectivity index (χ2n) is 5.84. The Hall–Kier alpha value is -2.07. The molecule has 2 aromatic heterocycles. The Morgan fingerprint density at radius 3 is 2.73 bits per heavy atom. The number of rotatable bonds is 4. The Bertz CT molecular complexity index is 782.